The van der Waals surface area contributed by atoms with Gasteiger partial charge in [0.15, 0.2) is 0 Å². The van der Waals surface area contributed by atoms with Gasteiger partial charge in [0.2, 0.25) is 0 Å². The van der Waals surface area contributed by atoms with Crippen LogP contribution in [0.2, 0.25) is 0 Å². The molecule has 0 saturated carbocycles. The third-order valence-corrected chi connectivity index (χ3v) is 6.37. The maximum absolute atomic E-state index is 3.48. The molecule has 1 unspecified atom stereocenters. The van der Waals surface area contributed by atoms with Crippen LogP contribution in [0, 0.1) is 6.92 Å². The van der Waals surface area contributed by atoms with Gasteiger partial charge >= 0.3 is 0 Å². The van der Waals surface area contributed by atoms with Crippen molar-refractivity contribution < 1.29 is 0 Å². The Hall–Kier alpha value is -1.89. The van der Waals surface area contributed by atoms with Crippen LogP contribution >= 0.6 is 11.8 Å². The molecule has 5 nitrogen and oxygen atoms in total. The van der Waals surface area contributed by atoms with E-state index in [1.165, 1.54) is 27.5 Å². The molecule has 0 fully saturated rings. The van der Waals surface area contributed by atoms with E-state index < -0.39 is 0 Å². The van der Waals surface area contributed by atoms with Gasteiger partial charge in [0.1, 0.15) is 11.7 Å². The predicted molar refractivity (Wildman–Crippen MR) is 107 cm³/mol. The van der Waals surface area contributed by atoms with Crippen molar-refractivity contribution in [3.05, 3.63) is 48.0 Å². The quantitative estimate of drug-likeness (QED) is 0.821. The molecule has 4 rings (SSSR count). The highest BCUT2D eigenvalue weighted by atomic mass is 32.2. The molecular formula is C19H25N5S. The highest BCUT2D eigenvalue weighted by Crippen LogP contribution is 2.41. The third-order valence-electron chi connectivity index (χ3n) is 5.13. The summed E-state index contributed by atoms with van der Waals surface area (Å²) in [7, 11) is 6.45. The van der Waals surface area contributed by atoms with Crippen molar-refractivity contribution in [3.8, 4) is 0 Å². The third kappa shape index (κ3) is 2.84. The van der Waals surface area contributed by atoms with Gasteiger partial charge in [-0.1, -0.05) is 30.0 Å². The van der Waals surface area contributed by atoms with E-state index in [0.717, 1.165) is 6.54 Å². The molecule has 2 aromatic rings. The molecule has 0 bridgehead atoms. The number of thioether (sulfide) groups is 1. The molecule has 1 atom stereocenters. The summed E-state index contributed by atoms with van der Waals surface area (Å²) in [5, 5.41) is 0. The van der Waals surface area contributed by atoms with E-state index >= 15 is 0 Å². The van der Waals surface area contributed by atoms with Gasteiger partial charge in [-0.25, -0.2) is 5.43 Å². The Morgan fingerprint density at radius 1 is 0.920 bits per heavy atom. The minimum Gasteiger partial charge on any atom is -0.351 e. The largest absolute Gasteiger partial charge is 0.351 e. The Labute approximate surface area is 154 Å². The van der Waals surface area contributed by atoms with Crippen LogP contribution in [0.25, 0.3) is 0 Å². The second-order valence-electron chi connectivity index (χ2n) is 6.77. The normalized spacial score (nSPS) is 19.5. The molecule has 0 aromatic heterocycles. The summed E-state index contributed by atoms with van der Waals surface area (Å²) in [6.07, 6.45) is 0.297. The molecule has 2 N–H and O–H groups in total. The second kappa shape index (κ2) is 6.44. The molecule has 25 heavy (non-hydrogen) atoms. The van der Waals surface area contributed by atoms with Crippen molar-refractivity contribution in [2.24, 2.45) is 0 Å². The Morgan fingerprint density at radius 2 is 1.60 bits per heavy atom. The number of anilines is 3. The van der Waals surface area contributed by atoms with Crippen LogP contribution in [0.3, 0.4) is 0 Å². The Morgan fingerprint density at radius 3 is 2.28 bits per heavy atom. The minimum absolute atomic E-state index is 0.205. The van der Waals surface area contributed by atoms with Crippen LogP contribution in [0.15, 0.2) is 47.4 Å². The molecule has 2 aliphatic heterocycles. The Bertz CT molecular complexity index is 751. The van der Waals surface area contributed by atoms with Crippen LogP contribution in [0.4, 0.5) is 17.1 Å². The highest BCUT2D eigenvalue weighted by Gasteiger charge is 2.31. The van der Waals surface area contributed by atoms with Crippen LogP contribution in [0.1, 0.15) is 5.56 Å². The zero-order valence-electron chi connectivity index (χ0n) is 15.2. The number of para-hydroxylation sites is 2. The van der Waals surface area contributed by atoms with Crippen molar-refractivity contribution in [3.63, 3.8) is 0 Å². The van der Waals surface area contributed by atoms with Gasteiger partial charge in [-0.05, 0) is 36.8 Å². The molecule has 0 amide bonds. The number of fused-ring (bicyclic) bond motifs is 2. The fourth-order valence-corrected chi connectivity index (χ4v) is 4.85. The summed E-state index contributed by atoms with van der Waals surface area (Å²) in [6, 6.07) is 15.2. The Balaban J connectivity index is 1.36. The van der Waals surface area contributed by atoms with Gasteiger partial charge in [-0.3, -0.25) is 5.43 Å². The number of hydrogen-bond acceptors (Lipinski definition) is 6. The maximum Gasteiger partial charge on any atom is 0.145 e. The predicted octanol–water partition coefficient (Wildman–Crippen LogP) is 2.83. The van der Waals surface area contributed by atoms with Gasteiger partial charge < -0.3 is 14.7 Å². The fraction of sp³-hybridized carbons (Fsp3) is 0.368. The van der Waals surface area contributed by atoms with Gasteiger partial charge in [-0.15, -0.1) is 0 Å². The van der Waals surface area contributed by atoms with E-state index in [1.807, 2.05) is 11.8 Å². The first-order chi connectivity index (χ1) is 12.1. The van der Waals surface area contributed by atoms with Crippen molar-refractivity contribution in [1.29, 1.82) is 0 Å². The first-order valence-electron chi connectivity index (χ1n) is 8.59. The number of nitrogens with zero attached hydrogens (tertiary/aromatic N) is 3. The number of aryl methyl sites for hydroxylation is 1. The van der Waals surface area contributed by atoms with Gasteiger partial charge in [0.25, 0.3) is 0 Å². The molecular weight excluding hydrogens is 330 g/mol. The molecule has 0 saturated heterocycles. The van der Waals surface area contributed by atoms with Crippen LogP contribution < -0.4 is 25.6 Å². The summed E-state index contributed by atoms with van der Waals surface area (Å²) in [5.41, 5.74) is 12.3. The SMILES string of the molecule is Cc1ccc2c(c1)SC(NNCC1N(C)c3ccccc3N1C)N2C. The van der Waals surface area contributed by atoms with E-state index in [9.17, 15) is 0 Å². The van der Waals surface area contributed by atoms with Crippen LogP contribution in [-0.4, -0.2) is 39.4 Å². The lowest BCUT2D eigenvalue weighted by Crippen LogP contribution is -2.53. The van der Waals surface area contributed by atoms with E-state index in [-0.39, 0.29) is 5.50 Å². The van der Waals surface area contributed by atoms with Crippen LogP contribution in [0.5, 0.6) is 0 Å². The summed E-state index contributed by atoms with van der Waals surface area (Å²) in [6.45, 7) is 2.98. The average Bonchev–Trinajstić information content (AvgIpc) is 3.04. The second-order valence-corrected chi connectivity index (χ2v) is 7.89. The highest BCUT2D eigenvalue weighted by molar-refractivity contribution is 8.00. The number of benzene rings is 2. The number of likely N-dealkylation sites (N-methyl/N-ethyl adjacent to an activating group) is 2. The monoisotopic (exact) mass is 355 g/mol. The van der Waals surface area contributed by atoms with E-state index in [0.29, 0.717) is 6.17 Å². The lowest BCUT2D eigenvalue weighted by Gasteiger charge is -2.30. The first-order valence-corrected chi connectivity index (χ1v) is 9.47. The van der Waals surface area contributed by atoms with E-state index in [4.69, 9.17) is 0 Å². The smallest absolute Gasteiger partial charge is 0.145 e. The zero-order valence-corrected chi connectivity index (χ0v) is 16.0. The van der Waals surface area contributed by atoms with Gasteiger partial charge in [-0.2, -0.15) is 0 Å². The van der Waals surface area contributed by atoms with Crippen LogP contribution in [-0.2, 0) is 0 Å². The maximum atomic E-state index is 3.48. The molecule has 2 aromatic carbocycles. The van der Waals surface area contributed by atoms with Crippen molar-refractivity contribution >= 4 is 28.8 Å². The fourth-order valence-electron chi connectivity index (χ4n) is 3.61. The average molecular weight is 356 g/mol. The van der Waals surface area contributed by atoms with Crippen molar-refractivity contribution in [2.45, 2.75) is 23.5 Å². The number of hydrogen-bond donors (Lipinski definition) is 2. The summed E-state index contributed by atoms with van der Waals surface area (Å²) >= 11 is 1.85. The van der Waals surface area contributed by atoms with Crippen molar-refractivity contribution in [1.82, 2.24) is 10.9 Å². The molecule has 6 heteroatoms. The van der Waals surface area contributed by atoms with Gasteiger partial charge in [0.05, 0.1) is 17.1 Å². The first kappa shape index (κ1) is 16.6. The van der Waals surface area contributed by atoms with E-state index in [2.05, 4.69) is 96.1 Å². The molecule has 0 radical (unpaired) electrons. The topological polar surface area (TPSA) is 33.8 Å². The molecule has 0 spiro atoms. The summed E-state index contributed by atoms with van der Waals surface area (Å²) in [4.78, 5) is 8.27. The number of rotatable bonds is 4. The molecule has 2 heterocycles. The number of nitrogens with one attached hydrogen (secondary N) is 2. The molecule has 132 valence electrons. The minimum atomic E-state index is 0.205. The zero-order chi connectivity index (χ0) is 17.6. The Kier molecular flexibility index (Phi) is 4.27. The summed E-state index contributed by atoms with van der Waals surface area (Å²) in [5.74, 6) is 0. The lowest BCUT2D eigenvalue weighted by atomic mass is 10.2. The summed E-state index contributed by atoms with van der Waals surface area (Å²) < 4.78 is 0. The van der Waals surface area contributed by atoms with E-state index in [1.54, 1.807) is 0 Å². The van der Waals surface area contributed by atoms with Crippen molar-refractivity contribution in [2.75, 3.05) is 42.4 Å². The molecule has 0 aliphatic carbocycles. The lowest BCUT2D eigenvalue weighted by molar-refractivity contribution is 0.469. The standard InChI is InChI=1S/C19H25N5S/c1-13-9-10-16-17(11-13)25-19(24(16)4)21-20-12-18-22(2)14-7-5-6-8-15(14)23(18)3/h5-11,18-21H,12H2,1-4H3. The number of hydrazine groups is 1. The van der Waals surface area contributed by atoms with Gasteiger partial charge in [0, 0.05) is 32.6 Å². The molecule has 2 aliphatic rings.